The molecule has 20 heavy (non-hydrogen) atoms. The van der Waals surface area contributed by atoms with Crippen LogP contribution in [0.2, 0.25) is 0 Å². The molecule has 0 aliphatic heterocycles. The minimum absolute atomic E-state index is 0.0723. The Balaban J connectivity index is 2.04. The van der Waals surface area contributed by atoms with Gasteiger partial charge in [-0.15, -0.1) is 0 Å². The molecule has 1 heterocycles. The first-order valence-electron chi connectivity index (χ1n) is 6.86. The van der Waals surface area contributed by atoms with Crippen LogP contribution < -0.4 is 5.32 Å². The molecule has 0 radical (unpaired) electrons. The van der Waals surface area contributed by atoms with Crippen molar-refractivity contribution in [3.63, 3.8) is 0 Å². The molecule has 2 rings (SSSR count). The summed E-state index contributed by atoms with van der Waals surface area (Å²) in [4.78, 5) is 0. The Morgan fingerprint density at radius 1 is 1.25 bits per heavy atom. The molecule has 1 N–H and O–H groups in total. The van der Waals surface area contributed by atoms with Crippen molar-refractivity contribution < 1.29 is 4.39 Å². The molecule has 0 aliphatic carbocycles. The first kappa shape index (κ1) is 14.7. The van der Waals surface area contributed by atoms with Gasteiger partial charge in [-0.3, -0.25) is 4.68 Å². The summed E-state index contributed by atoms with van der Waals surface area (Å²) in [6.07, 6.45) is 1.93. The van der Waals surface area contributed by atoms with Crippen molar-refractivity contribution in [3.8, 4) is 0 Å². The fourth-order valence-corrected chi connectivity index (χ4v) is 1.93. The number of halogens is 1. The van der Waals surface area contributed by atoms with Crippen molar-refractivity contribution in [2.24, 2.45) is 0 Å². The molecule has 0 fully saturated rings. The molecule has 0 atom stereocenters. The quantitative estimate of drug-likeness (QED) is 0.928. The van der Waals surface area contributed by atoms with E-state index in [9.17, 15) is 4.39 Å². The minimum Gasteiger partial charge on any atom is -0.306 e. The number of nitrogens with zero attached hydrogens (tertiary/aromatic N) is 2. The smallest absolute Gasteiger partial charge is 0.123 e. The highest BCUT2D eigenvalue weighted by Crippen LogP contribution is 2.12. The lowest BCUT2D eigenvalue weighted by molar-refractivity contribution is 0.419. The summed E-state index contributed by atoms with van der Waals surface area (Å²) in [6.45, 7) is 9.69. The number of rotatable bonds is 4. The van der Waals surface area contributed by atoms with E-state index in [1.54, 1.807) is 12.1 Å². The highest BCUT2D eigenvalue weighted by molar-refractivity contribution is 5.26. The van der Waals surface area contributed by atoms with E-state index in [0.29, 0.717) is 6.54 Å². The van der Waals surface area contributed by atoms with E-state index in [4.69, 9.17) is 0 Å². The summed E-state index contributed by atoms with van der Waals surface area (Å²) >= 11 is 0. The fourth-order valence-electron chi connectivity index (χ4n) is 1.93. The zero-order valence-corrected chi connectivity index (χ0v) is 12.6. The van der Waals surface area contributed by atoms with Gasteiger partial charge in [-0.25, -0.2) is 4.39 Å². The van der Waals surface area contributed by atoms with Crippen molar-refractivity contribution in [1.29, 1.82) is 0 Å². The summed E-state index contributed by atoms with van der Waals surface area (Å²) < 4.78 is 15.1. The highest BCUT2D eigenvalue weighted by atomic mass is 19.1. The van der Waals surface area contributed by atoms with Crippen molar-refractivity contribution in [3.05, 3.63) is 53.1 Å². The molecule has 1 aromatic carbocycles. The van der Waals surface area contributed by atoms with Crippen molar-refractivity contribution in [1.82, 2.24) is 15.1 Å². The van der Waals surface area contributed by atoms with Gasteiger partial charge in [-0.1, -0.05) is 6.07 Å². The standard InChI is InChI=1S/C16H22FN3/c1-12-5-6-14(17)9-13(12)11-20-8-7-15(19-20)10-18-16(2,3)4/h5-9,18H,10-11H2,1-4H3. The molecule has 0 unspecified atom stereocenters. The molecule has 0 bridgehead atoms. The highest BCUT2D eigenvalue weighted by Gasteiger charge is 2.10. The van der Waals surface area contributed by atoms with Gasteiger partial charge in [-0.05, 0) is 57.0 Å². The first-order chi connectivity index (χ1) is 9.33. The summed E-state index contributed by atoms with van der Waals surface area (Å²) in [5.41, 5.74) is 3.11. The van der Waals surface area contributed by atoms with Crippen LogP contribution in [0, 0.1) is 12.7 Å². The van der Waals surface area contributed by atoms with E-state index in [-0.39, 0.29) is 11.4 Å². The third-order valence-corrected chi connectivity index (χ3v) is 3.14. The zero-order valence-electron chi connectivity index (χ0n) is 12.6. The van der Waals surface area contributed by atoms with Gasteiger partial charge in [0.2, 0.25) is 0 Å². The average molecular weight is 275 g/mol. The molecular formula is C16H22FN3. The molecule has 0 aliphatic rings. The minimum atomic E-state index is -0.202. The van der Waals surface area contributed by atoms with Crippen LogP contribution in [0.15, 0.2) is 30.5 Å². The predicted octanol–water partition coefficient (Wildman–Crippen LogP) is 3.27. The van der Waals surface area contributed by atoms with E-state index in [0.717, 1.165) is 23.4 Å². The van der Waals surface area contributed by atoms with E-state index in [1.165, 1.54) is 6.07 Å². The molecule has 3 nitrogen and oxygen atoms in total. The molecule has 4 heteroatoms. The third-order valence-electron chi connectivity index (χ3n) is 3.14. The summed E-state index contributed by atoms with van der Waals surface area (Å²) in [5, 5.41) is 7.91. The molecule has 0 saturated heterocycles. The van der Waals surface area contributed by atoms with E-state index in [2.05, 4.69) is 31.2 Å². The van der Waals surface area contributed by atoms with Gasteiger partial charge in [0.25, 0.3) is 0 Å². The van der Waals surface area contributed by atoms with Crippen molar-refractivity contribution in [2.45, 2.75) is 46.3 Å². The monoisotopic (exact) mass is 275 g/mol. The Kier molecular flexibility index (Phi) is 4.23. The van der Waals surface area contributed by atoms with E-state index < -0.39 is 0 Å². The van der Waals surface area contributed by atoms with Gasteiger partial charge >= 0.3 is 0 Å². The van der Waals surface area contributed by atoms with Crippen LogP contribution >= 0.6 is 0 Å². The maximum Gasteiger partial charge on any atom is 0.123 e. The fraction of sp³-hybridized carbons (Fsp3) is 0.438. The van der Waals surface area contributed by atoms with Crippen LogP contribution in [0.25, 0.3) is 0 Å². The van der Waals surface area contributed by atoms with Gasteiger partial charge in [0.15, 0.2) is 0 Å². The number of aromatic nitrogens is 2. The Labute approximate surface area is 119 Å². The average Bonchev–Trinajstić information content (AvgIpc) is 2.78. The number of aryl methyl sites for hydroxylation is 1. The van der Waals surface area contributed by atoms with Gasteiger partial charge in [0.05, 0.1) is 12.2 Å². The van der Waals surface area contributed by atoms with Gasteiger partial charge in [-0.2, -0.15) is 5.10 Å². The van der Waals surface area contributed by atoms with Crippen LogP contribution in [0.4, 0.5) is 4.39 Å². The SMILES string of the molecule is Cc1ccc(F)cc1Cn1ccc(CNC(C)(C)C)n1. The van der Waals surface area contributed by atoms with Crippen molar-refractivity contribution >= 4 is 0 Å². The second-order valence-electron chi connectivity index (χ2n) is 6.18. The lowest BCUT2D eigenvalue weighted by atomic mass is 10.1. The lowest BCUT2D eigenvalue weighted by Crippen LogP contribution is -2.35. The summed E-state index contributed by atoms with van der Waals surface area (Å²) in [5.74, 6) is -0.202. The number of benzene rings is 1. The van der Waals surface area contributed by atoms with Crippen LogP contribution in [-0.4, -0.2) is 15.3 Å². The molecule has 0 saturated carbocycles. The Morgan fingerprint density at radius 2 is 2.00 bits per heavy atom. The van der Waals surface area contributed by atoms with Crippen LogP contribution in [0.1, 0.15) is 37.6 Å². The number of hydrogen-bond donors (Lipinski definition) is 1. The van der Waals surface area contributed by atoms with Crippen molar-refractivity contribution in [2.75, 3.05) is 0 Å². The number of nitrogens with one attached hydrogen (secondary N) is 1. The first-order valence-corrected chi connectivity index (χ1v) is 6.86. The number of hydrogen-bond acceptors (Lipinski definition) is 2. The molecule has 0 spiro atoms. The molecule has 2 aromatic rings. The lowest BCUT2D eigenvalue weighted by Gasteiger charge is -2.19. The second-order valence-corrected chi connectivity index (χ2v) is 6.18. The van der Waals surface area contributed by atoms with Gasteiger partial charge in [0.1, 0.15) is 5.82 Å². The molecule has 0 amide bonds. The third kappa shape index (κ3) is 4.17. The summed E-state index contributed by atoms with van der Waals surface area (Å²) in [7, 11) is 0. The Morgan fingerprint density at radius 3 is 2.70 bits per heavy atom. The Bertz CT molecular complexity index is 582. The van der Waals surface area contributed by atoms with Crippen LogP contribution in [0.5, 0.6) is 0 Å². The molecular weight excluding hydrogens is 253 g/mol. The second kappa shape index (κ2) is 5.75. The topological polar surface area (TPSA) is 29.9 Å². The predicted molar refractivity (Wildman–Crippen MR) is 79.1 cm³/mol. The molecule has 1 aromatic heterocycles. The Hall–Kier alpha value is -1.68. The van der Waals surface area contributed by atoms with Crippen LogP contribution in [-0.2, 0) is 13.1 Å². The summed E-state index contributed by atoms with van der Waals surface area (Å²) in [6, 6.07) is 6.86. The van der Waals surface area contributed by atoms with E-state index in [1.807, 2.05) is 23.9 Å². The van der Waals surface area contributed by atoms with Crippen LogP contribution in [0.3, 0.4) is 0 Å². The maximum atomic E-state index is 13.3. The zero-order chi connectivity index (χ0) is 14.8. The van der Waals surface area contributed by atoms with Gasteiger partial charge < -0.3 is 5.32 Å². The molecule has 108 valence electrons. The maximum absolute atomic E-state index is 13.3. The normalized spacial score (nSPS) is 11.8. The largest absolute Gasteiger partial charge is 0.306 e. The van der Waals surface area contributed by atoms with E-state index >= 15 is 0 Å². The van der Waals surface area contributed by atoms with Gasteiger partial charge in [0, 0.05) is 18.3 Å².